The van der Waals surface area contributed by atoms with Crippen LogP contribution in [0.1, 0.15) is 6.92 Å². The number of hydrogen-bond donors (Lipinski definition) is 0. The van der Waals surface area contributed by atoms with E-state index in [0.29, 0.717) is 23.7 Å². The minimum atomic E-state index is -3.48. The van der Waals surface area contributed by atoms with Crippen molar-refractivity contribution in [3.05, 3.63) is 18.2 Å². The number of fused-ring (bicyclic) bond motifs is 1. The normalized spacial score (nSPS) is 15.4. The third-order valence-corrected chi connectivity index (χ3v) is 4.17. The maximum atomic E-state index is 12.0. The molecule has 0 aliphatic carbocycles. The number of anilines is 2. The third kappa shape index (κ3) is 2.37. The highest BCUT2D eigenvalue weighted by atomic mass is 32.2. The van der Waals surface area contributed by atoms with Gasteiger partial charge in [-0.15, -0.1) is 0 Å². The number of rotatable bonds is 3. The van der Waals surface area contributed by atoms with E-state index in [4.69, 9.17) is 4.74 Å². The fourth-order valence-electron chi connectivity index (χ4n) is 2.13. The van der Waals surface area contributed by atoms with Crippen LogP contribution in [0.2, 0.25) is 0 Å². The molecule has 1 aliphatic rings. The molecule has 0 fully saturated rings. The quantitative estimate of drug-likeness (QED) is 0.824. The Morgan fingerprint density at radius 3 is 2.53 bits per heavy atom. The summed E-state index contributed by atoms with van der Waals surface area (Å²) >= 11 is 0. The van der Waals surface area contributed by atoms with E-state index in [1.54, 1.807) is 23.1 Å². The SMILES string of the molecule is CCN1C(=O)CN(S(C)(=O)=O)c2ccc(OC)cc21. The van der Waals surface area contributed by atoms with Crippen molar-refractivity contribution in [2.24, 2.45) is 0 Å². The first-order valence-electron chi connectivity index (χ1n) is 5.84. The Balaban J connectivity index is 2.63. The van der Waals surface area contributed by atoms with Gasteiger partial charge >= 0.3 is 0 Å². The summed E-state index contributed by atoms with van der Waals surface area (Å²) in [5, 5.41) is 0. The van der Waals surface area contributed by atoms with Crippen molar-refractivity contribution in [1.82, 2.24) is 0 Å². The van der Waals surface area contributed by atoms with E-state index in [1.807, 2.05) is 6.92 Å². The lowest BCUT2D eigenvalue weighted by Gasteiger charge is -2.35. The smallest absolute Gasteiger partial charge is 0.247 e. The monoisotopic (exact) mass is 284 g/mol. The number of sulfonamides is 1. The van der Waals surface area contributed by atoms with Gasteiger partial charge in [-0.1, -0.05) is 0 Å². The predicted octanol–water partition coefficient (Wildman–Crippen LogP) is 0.828. The number of methoxy groups -OCH3 is 1. The van der Waals surface area contributed by atoms with Crippen molar-refractivity contribution < 1.29 is 17.9 Å². The van der Waals surface area contributed by atoms with Gasteiger partial charge in [0.05, 0.1) is 24.7 Å². The molecule has 0 N–H and O–H groups in total. The Morgan fingerprint density at radius 2 is 2.00 bits per heavy atom. The zero-order valence-electron chi connectivity index (χ0n) is 11.1. The Kier molecular flexibility index (Phi) is 3.40. The van der Waals surface area contributed by atoms with E-state index in [9.17, 15) is 13.2 Å². The maximum absolute atomic E-state index is 12.0. The first-order chi connectivity index (χ1) is 8.88. The Hall–Kier alpha value is -1.76. The number of amides is 1. The van der Waals surface area contributed by atoms with Gasteiger partial charge in [-0.2, -0.15) is 0 Å². The summed E-state index contributed by atoms with van der Waals surface area (Å²) in [5.41, 5.74) is 1.06. The minimum Gasteiger partial charge on any atom is -0.497 e. The first kappa shape index (κ1) is 13.7. The second kappa shape index (κ2) is 4.73. The summed E-state index contributed by atoms with van der Waals surface area (Å²) in [7, 11) is -1.95. The summed E-state index contributed by atoms with van der Waals surface area (Å²) < 4.78 is 29.8. The van der Waals surface area contributed by atoms with Crippen LogP contribution >= 0.6 is 0 Å². The van der Waals surface area contributed by atoms with Gasteiger partial charge in [-0.25, -0.2) is 8.42 Å². The second-order valence-corrected chi connectivity index (χ2v) is 6.17. The van der Waals surface area contributed by atoms with Gasteiger partial charge in [0.1, 0.15) is 12.3 Å². The second-order valence-electron chi connectivity index (χ2n) is 4.26. The summed E-state index contributed by atoms with van der Waals surface area (Å²) in [6.07, 6.45) is 1.09. The number of carbonyl (C=O) groups excluding carboxylic acids is 1. The van der Waals surface area contributed by atoms with Crippen molar-refractivity contribution in [1.29, 1.82) is 0 Å². The van der Waals surface area contributed by atoms with Crippen LogP contribution in [0.5, 0.6) is 5.75 Å². The van der Waals surface area contributed by atoms with Crippen LogP contribution < -0.4 is 13.9 Å². The van der Waals surface area contributed by atoms with Crippen LogP contribution in [0, 0.1) is 0 Å². The molecule has 0 atom stereocenters. The lowest BCUT2D eigenvalue weighted by atomic mass is 10.2. The van der Waals surface area contributed by atoms with Crippen LogP contribution in [0.15, 0.2) is 18.2 Å². The summed E-state index contributed by atoms with van der Waals surface area (Å²) in [6.45, 7) is 2.17. The number of nitrogens with zero attached hydrogens (tertiary/aromatic N) is 2. The lowest BCUT2D eigenvalue weighted by Crippen LogP contribution is -2.47. The molecule has 104 valence electrons. The maximum Gasteiger partial charge on any atom is 0.247 e. The average molecular weight is 284 g/mol. The minimum absolute atomic E-state index is 0.161. The number of benzene rings is 1. The van der Waals surface area contributed by atoms with Crippen LogP contribution in [-0.2, 0) is 14.8 Å². The van der Waals surface area contributed by atoms with Crippen LogP contribution in [0.4, 0.5) is 11.4 Å². The Morgan fingerprint density at radius 1 is 1.32 bits per heavy atom. The molecule has 0 saturated heterocycles. The number of hydrogen-bond acceptors (Lipinski definition) is 4. The van der Waals surface area contributed by atoms with Crippen LogP contribution in [-0.4, -0.2) is 40.8 Å². The average Bonchev–Trinajstić information content (AvgIpc) is 2.36. The third-order valence-electron chi connectivity index (χ3n) is 3.04. The van der Waals surface area contributed by atoms with E-state index in [0.717, 1.165) is 10.6 Å². The van der Waals surface area contributed by atoms with Gasteiger partial charge in [-0.05, 0) is 19.1 Å². The summed E-state index contributed by atoms with van der Waals surface area (Å²) in [5.74, 6) is 0.342. The molecule has 0 unspecified atom stereocenters. The lowest BCUT2D eigenvalue weighted by molar-refractivity contribution is -0.117. The van der Waals surface area contributed by atoms with Crippen LogP contribution in [0.25, 0.3) is 0 Å². The van der Waals surface area contributed by atoms with E-state index < -0.39 is 10.0 Å². The molecule has 0 radical (unpaired) electrons. The van der Waals surface area contributed by atoms with Crippen molar-refractivity contribution in [3.8, 4) is 5.75 Å². The molecule has 19 heavy (non-hydrogen) atoms. The van der Waals surface area contributed by atoms with E-state index in [2.05, 4.69) is 0 Å². The van der Waals surface area contributed by atoms with Gasteiger partial charge in [0.15, 0.2) is 0 Å². The van der Waals surface area contributed by atoms with Crippen molar-refractivity contribution >= 4 is 27.3 Å². The topological polar surface area (TPSA) is 66.9 Å². The molecular formula is C12H16N2O4S. The van der Waals surface area contributed by atoms with E-state index >= 15 is 0 Å². The molecule has 0 spiro atoms. The zero-order valence-corrected chi connectivity index (χ0v) is 11.9. The molecule has 7 heteroatoms. The molecule has 0 bridgehead atoms. The molecule has 1 aromatic carbocycles. The fraction of sp³-hybridized carbons (Fsp3) is 0.417. The van der Waals surface area contributed by atoms with Gasteiger partial charge in [0, 0.05) is 12.6 Å². The highest BCUT2D eigenvalue weighted by Gasteiger charge is 2.33. The Bertz CT molecular complexity index is 612. The molecule has 0 aromatic heterocycles. The molecule has 0 saturated carbocycles. The number of likely N-dealkylation sites (N-methyl/N-ethyl adjacent to an activating group) is 1. The molecular weight excluding hydrogens is 268 g/mol. The van der Waals surface area contributed by atoms with Crippen LogP contribution in [0.3, 0.4) is 0 Å². The molecule has 1 aliphatic heterocycles. The van der Waals surface area contributed by atoms with Gasteiger partial charge in [-0.3, -0.25) is 9.10 Å². The van der Waals surface area contributed by atoms with Crippen molar-refractivity contribution in [2.45, 2.75) is 6.92 Å². The van der Waals surface area contributed by atoms with Gasteiger partial charge < -0.3 is 9.64 Å². The first-order valence-corrected chi connectivity index (χ1v) is 7.69. The summed E-state index contributed by atoms with van der Waals surface area (Å²) in [6, 6.07) is 5.01. The van der Waals surface area contributed by atoms with Crippen molar-refractivity contribution in [2.75, 3.05) is 35.7 Å². The number of carbonyl (C=O) groups is 1. The molecule has 1 amide bonds. The molecule has 6 nitrogen and oxygen atoms in total. The molecule has 1 heterocycles. The van der Waals surface area contributed by atoms with E-state index in [-0.39, 0.29) is 12.5 Å². The van der Waals surface area contributed by atoms with E-state index in [1.165, 1.54) is 7.11 Å². The molecule has 1 aromatic rings. The van der Waals surface area contributed by atoms with Crippen molar-refractivity contribution in [3.63, 3.8) is 0 Å². The predicted molar refractivity (Wildman–Crippen MR) is 73.2 cm³/mol. The number of ether oxygens (including phenoxy) is 1. The summed E-state index contributed by atoms with van der Waals surface area (Å²) in [4.78, 5) is 13.6. The van der Waals surface area contributed by atoms with Gasteiger partial charge in [0.2, 0.25) is 15.9 Å². The molecule has 2 rings (SSSR count). The zero-order chi connectivity index (χ0) is 14.2. The highest BCUT2D eigenvalue weighted by Crippen LogP contribution is 2.37. The standard InChI is InChI=1S/C12H16N2O4S/c1-4-13-11-7-9(18-2)5-6-10(11)14(8-12(13)15)19(3,16)17/h5-7H,4,8H2,1-3H3. The van der Waals surface area contributed by atoms with Gasteiger partial charge in [0.25, 0.3) is 0 Å². The largest absolute Gasteiger partial charge is 0.497 e. The fourth-order valence-corrected chi connectivity index (χ4v) is 2.98. The Labute approximate surface area is 112 Å². The highest BCUT2D eigenvalue weighted by molar-refractivity contribution is 7.92.